The van der Waals surface area contributed by atoms with Crippen molar-refractivity contribution in [3.05, 3.63) is 17.0 Å². The molecule has 1 rings (SSSR count). The summed E-state index contributed by atoms with van der Waals surface area (Å²) in [6.45, 7) is 8.03. The second-order valence-corrected chi connectivity index (χ2v) is 4.05. The van der Waals surface area contributed by atoms with Crippen LogP contribution in [0.2, 0.25) is 0 Å². The zero-order valence-electron chi connectivity index (χ0n) is 10.7. The molecule has 0 unspecified atom stereocenters. The Hall–Kier alpha value is -1.07. The Bertz CT molecular complexity index is 388. The van der Waals surface area contributed by atoms with Gasteiger partial charge in [0.1, 0.15) is 6.54 Å². The van der Waals surface area contributed by atoms with E-state index in [1.807, 2.05) is 27.7 Å². The lowest BCUT2D eigenvalue weighted by Crippen LogP contribution is -2.19. The van der Waals surface area contributed by atoms with Gasteiger partial charge in [0.2, 0.25) is 0 Å². The molecule has 0 spiro atoms. The molecule has 0 atom stereocenters. The zero-order chi connectivity index (χ0) is 12.3. The first-order chi connectivity index (χ1) is 7.45. The highest BCUT2D eigenvalue weighted by Gasteiger charge is 2.13. The minimum absolute atomic E-state index is 0. The molecule has 2 N–H and O–H groups in total. The van der Waals surface area contributed by atoms with Crippen molar-refractivity contribution in [1.82, 2.24) is 9.78 Å². The number of aryl methyl sites for hydroxylation is 1. The van der Waals surface area contributed by atoms with E-state index in [9.17, 15) is 4.79 Å². The highest BCUT2D eigenvalue weighted by molar-refractivity contribution is 5.85. The highest BCUT2D eigenvalue weighted by atomic mass is 35.5. The number of halogens is 1. The first kappa shape index (κ1) is 15.9. The van der Waals surface area contributed by atoms with Gasteiger partial charge in [0, 0.05) is 17.8 Å². The minimum Gasteiger partial charge on any atom is -0.462 e. The molecule has 0 aliphatic heterocycles. The molecule has 5 nitrogen and oxygen atoms in total. The maximum absolute atomic E-state index is 11.5. The Kier molecular flexibility index (Phi) is 6.20. The van der Waals surface area contributed by atoms with Crippen LogP contribution in [0.4, 0.5) is 0 Å². The number of carbonyl (C=O) groups excluding carboxylic acids is 1. The van der Waals surface area contributed by atoms with E-state index in [1.165, 1.54) is 0 Å². The number of rotatable bonds is 4. The molecule has 0 aliphatic rings. The van der Waals surface area contributed by atoms with Gasteiger partial charge in [-0.25, -0.2) is 0 Å². The van der Waals surface area contributed by atoms with Gasteiger partial charge in [0.15, 0.2) is 0 Å². The predicted molar refractivity (Wildman–Crippen MR) is 68.1 cm³/mol. The van der Waals surface area contributed by atoms with Crippen LogP contribution in [-0.2, 0) is 22.6 Å². The fourth-order valence-corrected chi connectivity index (χ4v) is 1.61. The van der Waals surface area contributed by atoms with E-state index in [0.717, 1.165) is 17.0 Å². The van der Waals surface area contributed by atoms with Gasteiger partial charge in [-0.2, -0.15) is 5.10 Å². The average molecular weight is 262 g/mol. The molecule has 0 saturated heterocycles. The largest absolute Gasteiger partial charge is 0.462 e. The van der Waals surface area contributed by atoms with Gasteiger partial charge < -0.3 is 10.5 Å². The smallest absolute Gasteiger partial charge is 0.328 e. The van der Waals surface area contributed by atoms with Gasteiger partial charge in [-0.15, -0.1) is 12.4 Å². The first-order valence-electron chi connectivity index (χ1n) is 5.38. The number of esters is 1. The van der Waals surface area contributed by atoms with Gasteiger partial charge in [-0.05, 0) is 27.7 Å². The molecular formula is C11H20ClN3O2. The topological polar surface area (TPSA) is 70.1 Å². The summed E-state index contributed by atoms with van der Waals surface area (Å²) in [6.07, 6.45) is -0.0987. The third-order valence-corrected chi connectivity index (χ3v) is 2.38. The van der Waals surface area contributed by atoms with Crippen molar-refractivity contribution in [1.29, 1.82) is 0 Å². The van der Waals surface area contributed by atoms with E-state index < -0.39 is 0 Å². The number of ether oxygens (including phenoxy) is 1. The number of hydrogen-bond acceptors (Lipinski definition) is 4. The average Bonchev–Trinajstić information content (AvgIpc) is 2.40. The molecule has 1 aromatic heterocycles. The maximum Gasteiger partial charge on any atom is 0.328 e. The van der Waals surface area contributed by atoms with E-state index in [4.69, 9.17) is 10.5 Å². The van der Waals surface area contributed by atoms with Crippen molar-refractivity contribution in [2.45, 2.75) is 46.9 Å². The second kappa shape index (κ2) is 6.61. The Labute approximate surface area is 108 Å². The summed E-state index contributed by atoms with van der Waals surface area (Å²) in [5.41, 5.74) is 8.41. The molecule has 1 heterocycles. The van der Waals surface area contributed by atoms with Crippen molar-refractivity contribution in [2.75, 3.05) is 0 Å². The summed E-state index contributed by atoms with van der Waals surface area (Å²) in [5, 5.41) is 4.26. The Morgan fingerprint density at radius 1 is 1.47 bits per heavy atom. The molecule has 6 heteroatoms. The van der Waals surface area contributed by atoms with Crippen LogP contribution in [0.25, 0.3) is 0 Å². The predicted octanol–water partition coefficient (Wildman–Crippen LogP) is 1.33. The molecule has 0 bridgehead atoms. The Morgan fingerprint density at radius 2 is 2.06 bits per heavy atom. The molecule has 98 valence electrons. The number of carbonyl (C=O) groups is 1. The fraction of sp³-hybridized carbons (Fsp3) is 0.636. The second-order valence-electron chi connectivity index (χ2n) is 4.05. The maximum atomic E-state index is 11.5. The van der Waals surface area contributed by atoms with Gasteiger partial charge in [-0.3, -0.25) is 9.48 Å². The van der Waals surface area contributed by atoms with Gasteiger partial charge in [0.05, 0.1) is 11.8 Å². The molecule has 0 aliphatic carbocycles. The molecule has 0 amide bonds. The summed E-state index contributed by atoms with van der Waals surface area (Å²) in [6, 6.07) is 0. The van der Waals surface area contributed by atoms with Gasteiger partial charge in [-0.1, -0.05) is 0 Å². The lowest BCUT2D eigenvalue weighted by molar-refractivity contribution is -0.148. The monoisotopic (exact) mass is 261 g/mol. The summed E-state index contributed by atoms with van der Waals surface area (Å²) >= 11 is 0. The molecule has 0 aromatic carbocycles. The molecule has 0 radical (unpaired) electrons. The van der Waals surface area contributed by atoms with Gasteiger partial charge >= 0.3 is 5.97 Å². The molecule has 17 heavy (non-hydrogen) atoms. The number of nitrogens with zero attached hydrogens (tertiary/aromatic N) is 2. The SMILES string of the molecule is Cc1nn(CC(=O)OC(C)C)c(C)c1CN.Cl. The highest BCUT2D eigenvalue weighted by Crippen LogP contribution is 2.12. The van der Waals surface area contributed by atoms with Crippen LogP contribution < -0.4 is 5.73 Å². The number of aromatic nitrogens is 2. The van der Waals surface area contributed by atoms with E-state index >= 15 is 0 Å². The Balaban J connectivity index is 0.00000256. The summed E-state index contributed by atoms with van der Waals surface area (Å²) in [5.74, 6) is -0.274. The fourth-order valence-electron chi connectivity index (χ4n) is 1.61. The van der Waals surface area contributed by atoms with E-state index in [-0.39, 0.29) is 31.0 Å². The molecular weight excluding hydrogens is 242 g/mol. The third kappa shape index (κ3) is 4.02. The number of nitrogens with two attached hydrogens (primary N) is 1. The lowest BCUT2D eigenvalue weighted by atomic mass is 10.2. The van der Waals surface area contributed by atoms with E-state index in [0.29, 0.717) is 6.54 Å². The van der Waals surface area contributed by atoms with Crippen LogP contribution in [0.1, 0.15) is 30.8 Å². The standard InChI is InChI=1S/C11H19N3O2.ClH/c1-7(2)16-11(15)6-14-9(4)10(5-12)8(3)13-14;/h7H,5-6,12H2,1-4H3;1H. The van der Waals surface area contributed by atoms with Crippen LogP contribution in [0.3, 0.4) is 0 Å². The first-order valence-corrected chi connectivity index (χ1v) is 5.38. The van der Waals surface area contributed by atoms with Crippen molar-refractivity contribution in [2.24, 2.45) is 5.73 Å². The summed E-state index contributed by atoms with van der Waals surface area (Å²) in [7, 11) is 0. The van der Waals surface area contributed by atoms with Crippen LogP contribution in [0.5, 0.6) is 0 Å². The molecule has 0 fully saturated rings. The quantitative estimate of drug-likeness (QED) is 0.831. The zero-order valence-corrected chi connectivity index (χ0v) is 11.5. The lowest BCUT2D eigenvalue weighted by Gasteiger charge is -2.08. The van der Waals surface area contributed by atoms with Gasteiger partial charge in [0.25, 0.3) is 0 Å². The Morgan fingerprint density at radius 3 is 2.47 bits per heavy atom. The van der Waals surface area contributed by atoms with Crippen molar-refractivity contribution in [3.8, 4) is 0 Å². The van der Waals surface area contributed by atoms with E-state index in [2.05, 4.69) is 5.10 Å². The van der Waals surface area contributed by atoms with Crippen molar-refractivity contribution in [3.63, 3.8) is 0 Å². The molecule has 1 aromatic rings. The third-order valence-electron chi connectivity index (χ3n) is 2.38. The number of hydrogen-bond donors (Lipinski definition) is 1. The van der Waals surface area contributed by atoms with Crippen LogP contribution in [0, 0.1) is 13.8 Å². The van der Waals surface area contributed by atoms with Crippen LogP contribution in [0.15, 0.2) is 0 Å². The van der Waals surface area contributed by atoms with Crippen LogP contribution >= 0.6 is 12.4 Å². The normalized spacial score (nSPS) is 10.2. The van der Waals surface area contributed by atoms with E-state index in [1.54, 1.807) is 4.68 Å². The van der Waals surface area contributed by atoms with Crippen LogP contribution in [-0.4, -0.2) is 21.9 Å². The molecule has 0 saturated carbocycles. The summed E-state index contributed by atoms with van der Waals surface area (Å²) < 4.78 is 6.70. The van der Waals surface area contributed by atoms with Crippen molar-refractivity contribution < 1.29 is 9.53 Å². The minimum atomic E-state index is -0.274. The summed E-state index contributed by atoms with van der Waals surface area (Å²) in [4.78, 5) is 11.5. The van der Waals surface area contributed by atoms with Crippen molar-refractivity contribution >= 4 is 18.4 Å².